The van der Waals surface area contributed by atoms with Gasteiger partial charge in [0.25, 0.3) is 0 Å². The Morgan fingerprint density at radius 3 is 0.783 bits per heavy atom. The minimum absolute atomic E-state index is 0.188. The summed E-state index contributed by atoms with van der Waals surface area (Å²) < 4.78 is 0. The van der Waals surface area contributed by atoms with Crippen molar-refractivity contribution in [1.82, 2.24) is 0 Å². The van der Waals surface area contributed by atoms with Crippen molar-refractivity contribution in [3.05, 3.63) is 24.3 Å². The van der Waals surface area contributed by atoms with Gasteiger partial charge in [-0.15, -0.1) is 0 Å². The van der Waals surface area contributed by atoms with E-state index in [0.29, 0.717) is 12.8 Å². The fourth-order valence-corrected chi connectivity index (χ4v) is 4.74. The second-order valence-corrected chi connectivity index (χ2v) is 13.6. The molecule has 0 aromatic heterocycles. The number of aliphatic carboxylic acids is 2. The zero-order valence-electron chi connectivity index (χ0n) is 32.4. The molecule has 0 atom stereocenters. The van der Waals surface area contributed by atoms with Crippen molar-refractivity contribution in [1.29, 1.82) is 0 Å². The molecule has 2 N–H and O–H groups in total. The van der Waals surface area contributed by atoms with Crippen LogP contribution in [0.25, 0.3) is 0 Å². The summed E-state index contributed by atoms with van der Waals surface area (Å²) in [4.78, 5) is 22.9. The monoisotopic (exact) mass is 655 g/mol. The SMILES string of the molecule is C=C(CCC)C(=O)[O-].C=C(CCC)C(=O)[O-].CCCCCCCCCCCC[NH+](C)C.CCCCCCCCCCCC[NH+](C)C. The van der Waals surface area contributed by atoms with E-state index in [9.17, 15) is 19.8 Å². The van der Waals surface area contributed by atoms with Crippen LogP contribution in [0, 0.1) is 0 Å². The van der Waals surface area contributed by atoms with Crippen LogP contribution in [0.5, 0.6) is 0 Å². The average molecular weight is 655 g/mol. The number of quaternary nitrogens is 2. The molecule has 0 heterocycles. The van der Waals surface area contributed by atoms with E-state index in [0.717, 1.165) is 12.8 Å². The first-order chi connectivity index (χ1) is 21.9. The van der Waals surface area contributed by atoms with Crippen LogP contribution in [0.2, 0.25) is 0 Å². The van der Waals surface area contributed by atoms with Crippen LogP contribution >= 0.6 is 0 Å². The number of unbranched alkanes of at least 4 members (excludes halogenated alkanes) is 18. The molecule has 6 nitrogen and oxygen atoms in total. The van der Waals surface area contributed by atoms with E-state index in [1.54, 1.807) is 9.80 Å². The second-order valence-electron chi connectivity index (χ2n) is 13.6. The van der Waals surface area contributed by atoms with E-state index < -0.39 is 11.9 Å². The van der Waals surface area contributed by atoms with Gasteiger partial charge in [0, 0.05) is 0 Å². The maximum absolute atomic E-state index is 9.88. The van der Waals surface area contributed by atoms with Crippen molar-refractivity contribution in [2.75, 3.05) is 41.3 Å². The molecule has 0 aliphatic rings. The van der Waals surface area contributed by atoms with Crippen LogP contribution in [-0.2, 0) is 9.59 Å². The lowest BCUT2D eigenvalue weighted by Crippen LogP contribution is -3.05. The summed E-state index contributed by atoms with van der Waals surface area (Å²) in [5.41, 5.74) is 0.375. The zero-order chi connectivity index (χ0) is 35.8. The number of nitrogens with one attached hydrogen (secondary N) is 2. The molecule has 0 amide bonds. The lowest BCUT2D eigenvalue weighted by molar-refractivity contribution is -0.858. The number of hydrogen-bond donors (Lipinski definition) is 2. The van der Waals surface area contributed by atoms with Crippen molar-refractivity contribution in [2.24, 2.45) is 0 Å². The molecule has 46 heavy (non-hydrogen) atoms. The molecule has 0 spiro atoms. The molecular formula is C40H82N2O4. The normalized spacial score (nSPS) is 10.3. The van der Waals surface area contributed by atoms with Crippen LogP contribution in [0.1, 0.15) is 182 Å². The van der Waals surface area contributed by atoms with Gasteiger partial charge >= 0.3 is 0 Å². The Balaban J connectivity index is -0.000000267. The fourth-order valence-electron chi connectivity index (χ4n) is 4.74. The molecule has 0 bridgehead atoms. The number of rotatable bonds is 28. The third kappa shape index (κ3) is 54.8. The number of hydrogen-bond acceptors (Lipinski definition) is 4. The molecule has 0 saturated carbocycles. The van der Waals surface area contributed by atoms with Crippen LogP contribution in [0.4, 0.5) is 0 Å². The molecule has 6 heteroatoms. The second kappa shape index (κ2) is 43.3. The molecule has 0 fully saturated rings. The summed E-state index contributed by atoms with van der Waals surface area (Å²) in [7, 11) is 8.98. The molecule has 0 saturated heterocycles. The topological polar surface area (TPSA) is 89.1 Å². The molecule has 0 aliphatic heterocycles. The molecule has 276 valence electrons. The highest BCUT2D eigenvalue weighted by molar-refractivity contribution is 5.84. The lowest BCUT2D eigenvalue weighted by Gasteiger charge is -2.06. The predicted octanol–water partition coefficient (Wildman–Crippen LogP) is 6.29. The van der Waals surface area contributed by atoms with Gasteiger partial charge in [0.1, 0.15) is 0 Å². The van der Waals surface area contributed by atoms with E-state index in [-0.39, 0.29) is 11.1 Å². The fraction of sp³-hybridized carbons (Fsp3) is 0.850. The average Bonchev–Trinajstić information content (AvgIpc) is 3.00. The molecule has 0 rings (SSSR count). The van der Waals surface area contributed by atoms with Gasteiger partial charge in [-0.25, -0.2) is 0 Å². The van der Waals surface area contributed by atoms with Crippen LogP contribution in [0.3, 0.4) is 0 Å². The maximum Gasteiger partial charge on any atom is 0.0766 e. The predicted molar refractivity (Wildman–Crippen MR) is 197 cm³/mol. The Bertz CT molecular complexity index is 606. The van der Waals surface area contributed by atoms with E-state index in [2.05, 4.69) is 55.2 Å². The molecule has 0 aromatic rings. The summed E-state index contributed by atoms with van der Waals surface area (Å²) in [5, 5.41) is 19.8. The largest absolute Gasteiger partial charge is 0.545 e. The van der Waals surface area contributed by atoms with Crippen molar-refractivity contribution in [3.63, 3.8) is 0 Å². The third-order valence-electron chi connectivity index (χ3n) is 7.74. The summed E-state index contributed by atoms with van der Waals surface area (Å²) >= 11 is 0. The Hall–Kier alpha value is -1.66. The molecule has 0 unspecified atom stereocenters. The summed E-state index contributed by atoms with van der Waals surface area (Å²) in [6.07, 6.45) is 31.6. The zero-order valence-corrected chi connectivity index (χ0v) is 32.4. The molecule has 0 radical (unpaired) electrons. The van der Waals surface area contributed by atoms with Gasteiger partial charge in [0.15, 0.2) is 0 Å². The Labute approximate surface area is 288 Å². The summed E-state index contributed by atoms with van der Waals surface area (Å²) in [5.74, 6) is -2.27. The van der Waals surface area contributed by atoms with Crippen LogP contribution in [-0.4, -0.2) is 53.2 Å². The standard InChI is InChI=1S/2C14H31N.2C6H10O2/c2*1-4-5-6-7-8-9-10-11-12-13-14-15(2)3;2*1-3-4-5(2)6(7)8/h2*4-14H2,1-3H3;2*2-4H2,1H3,(H,7,8). The number of carboxylic acid groups (broad SMARTS) is 2. The first kappa shape index (κ1) is 51.2. The van der Waals surface area contributed by atoms with E-state index in [1.165, 1.54) is 142 Å². The van der Waals surface area contributed by atoms with Gasteiger partial charge in [-0.2, -0.15) is 0 Å². The quantitative estimate of drug-likeness (QED) is 0.0767. The first-order valence-corrected chi connectivity index (χ1v) is 19.3. The minimum Gasteiger partial charge on any atom is -0.545 e. The van der Waals surface area contributed by atoms with E-state index >= 15 is 0 Å². The number of carboxylic acids is 2. The van der Waals surface area contributed by atoms with Gasteiger partial charge < -0.3 is 29.6 Å². The van der Waals surface area contributed by atoms with Crippen molar-refractivity contribution in [2.45, 2.75) is 182 Å². The first-order valence-electron chi connectivity index (χ1n) is 19.3. The highest BCUT2D eigenvalue weighted by Crippen LogP contribution is 2.11. The van der Waals surface area contributed by atoms with Crippen LogP contribution in [0.15, 0.2) is 24.3 Å². The van der Waals surface area contributed by atoms with Crippen molar-refractivity contribution >= 4 is 11.9 Å². The number of carbonyl (C=O) groups is 2. The van der Waals surface area contributed by atoms with E-state index in [4.69, 9.17) is 0 Å². The summed E-state index contributed by atoms with van der Waals surface area (Å²) in [6.45, 7) is 17.6. The van der Waals surface area contributed by atoms with Crippen LogP contribution < -0.4 is 20.0 Å². The Morgan fingerprint density at radius 1 is 0.413 bits per heavy atom. The highest BCUT2D eigenvalue weighted by Gasteiger charge is 1.96. The lowest BCUT2D eigenvalue weighted by atomic mass is 10.1. The van der Waals surface area contributed by atoms with Gasteiger partial charge in [-0.3, -0.25) is 0 Å². The molecule has 0 aromatic carbocycles. The summed E-state index contributed by atoms with van der Waals surface area (Å²) in [6, 6.07) is 0. The van der Waals surface area contributed by atoms with Gasteiger partial charge in [0.2, 0.25) is 0 Å². The third-order valence-corrected chi connectivity index (χ3v) is 7.74. The highest BCUT2D eigenvalue weighted by atomic mass is 16.4. The molecular weight excluding hydrogens is 572 g/mol. The van der Waals surface area contributed by atoms with Crippen molar-refractivity contribution < 1.29 is 29.6 Å². The Morgan fingerprint density at radius 2 is 0.630 bits per heavy atom. The number of carbonyl (C=O) groups excluding carboxylic acids is 2. The Kier molecular flexibility index (Phi) is 48.2. The minimum atomic E-state index is -1.13. The maximum atomic E-state index is 9.88. The molecule has 0 aliphatic carbocycles. The van der Waals surface area contributed by atoms with Gasteiger partial charge in [-0.05, 0) is 49.7 Å². The van der Waals surface area contributed by atoms with Crippen molar-refractivity contribution in [3.8, 4) is 0 Å². The smallest absolute Gasteiger partial charge is 0.0766 e. The van der Waals surface area contributed by atoms with E-state index in [1.807, 2.05) is 13.8 Å². The van der Waals surface area contributed by atoms with Gasteiger partial charge in [-0.1, -0.05) is 156 Å². The van der Waals surface area contributed by atoms with Gasteiger partial charge in [0.05, 0.1) is 53.2 Å².